The van der Waals surface area contributed by atoms with E-state index in [1.165, 1.54) is 67.2 Å². The molecule has 1 rings (SSSR count). The fraction of sp³-hybridized carbons (Fsp3) is 0.586. The Balaban J connectivity index is 2.18. The summed E-state index contributed by atoms with van der Waals surface area (Å²) < 4.78 is 5.12. The molecule has 1 aromatic heterocycles. The summed E-state index contributed by atoms with van der Waals surface area (Å²) in [4.78, 5) is 0. The summed E-state index contributed by atoms with van der Waals surface area (Å²) in [6.45, 7) is 13.7. The van der Waals surface area contributed by atoms with Crippen LogP contribution in [0.5, 0.6) is 0 Å². The highest BCUT2D eigenvalue weighted by Crippen LogP contribution is 2.16. The number of aryl methyl sites for hydroxylation is 1. The first kappa shape index (κ1) is 26.3. The molecular formula is C29H46O. The van der Waals surface area contributed by atoms with Crippen molar-refractivity contribution in [1.82, 2.24) is 0 Å². The van der Waals surface area contributed by atoms with Gasteiger partial charge in [-0.3, -0.25) is 0 Å². The molecule has 0 unspecified atom stereocenters. The second kappa shape index (κ2) is 16.0. The van der Waals surface area contributed by atoms with Gasteiger partial charge in [-0.05, 0) is 109 Å². The minimum Gasteiger partial charge on any atom is -0.472 e. The summed E-state index contributed by atoms with van der Waals surface area (Å²) in [5.41, 5.74) is 7.40. The van der Waals surface area contributed by atoms with E-state index in [0.29, 0.717) is 0 Å². The van der Waals surface area contributed by atoms with E-state index >= 15 is 0 Å². The standard InChI is InChI=1S/C29H46O/c1-24(2)19-20-28(6)16-9-15-26(4)12-7-11-25(3)13-8-14-27(5)17-10-18-29-21-22-30-23-29/h12-13,16-17,21-24H,7-11,14-15,18-20H2,1-6H3/b25-13+,26-12+,27-17+,28-16+. The molecule has 0 bridgehead atoms. The maximum atomic E-state index is 5.12. The molecule has 0 N–H and O–H groups in total. The number of allylic oxidation sites excluding steroid dienone is 8. The molecule has 0 fully saturated rings. The molecule has 0 aliphatic carbocycles. The summed E-state index contributed by atoms with van der Waals surface area (Å²) in [5, 5.41) is 0. The molecule has 0 saturated carbocycles. The maximum absolute atomic E-state index is 5.12. The molecule has 0 aliphatic heterocycles. The van der Waals surface area contributed by atoms with Crippen molar-refractivity contribution in [3.63, 3.8) is 0 Å². The third-order valence-electron chi connectivity index (χ3n) is 5.72. The van der Waals surface area contributed by atoms with Crippen molar-refractivity contribution < 1.29 is 4.42 Å². The summed E-state index contributed by atoms with van der Waals surface area (Å²) in [6.07, 6.45) is 25.1. The number of furan rings is 1. The third-order valence-corrected chi connectivity index (χ3v) is 5.72. The second-order valence-electron chi connectivity index (χ2n) is 9.42. The van der Waals surface area contributed by atoms with Gasteiger partial charge in [-0.15, -0.1) is 0 Å². The van der Waals surface area contributed by atoms with Gasteiger partial charge < -0.3 is 4.42 Å². The van der Waals surface area contributed by atoms with Crippen LogP contribution >= 0.6 is 0 Å². The van der Waals surface area contributed by atoms with Crippen LogP contribution in [0.15, 0.2) is 69.6 Å². The van der Waals surface area contributed by atoms with Crippen LogP contribution in [0.4, 0.5) is 0 Å². The molecule has 0 saturated heterocycles. The quantitative estimate of drug-likeness (QED) is 0.262. The normalized spacial score (nSPS) is 14.1. The van der Waals surface area contributed by atoms with Crippen LogP contribution in [0.1, 0.15) is 105 Å². The summed E-state index contributed by atoms with van der Waals surface area (Å²) in [6, 6.07) is 2.05. The van der Waals surface area contributed by atoms with E-state index in [1.807, 2.05) is 6.26 Å². The monoisotopic (exact) mass is 410 g/mol. The molecule has 1 nitrogen and oxygen atoms in total. The van der Waals surface area contributed by atoms with E-state index in [1.54, 1.807) is 11.8 Å². The average molecular weight is 411 g/mol. The Morgan fingerprint density at radius 2 is 1.20 bits per heavy atom. The number of hydrogen-bond donors (Lipinski definition) is 0. The molecule has 0 atom stereocenters. The third kappa shape index (κ3) is 14.3. The van der Waals surface area contributed by atoms with Crippen molar-refractivity contribution in [2.24, 2.45) is 5.92 Å². The number of rotatable bonds is 15. The van der Waals surface area contributed by atoms with E-state index in [9.17, 15) is 0 Å². The Morgan fingerprint density at radius 1 is 0.733 bits per heavy atom. The van der Waals surface area contributed by atoms with Crippen LogP contribution in [-0.2, 0) is 6.42 Å². The molecule has 0 radical (unpaired) electrons. The highest BCUT2D eigenvalue weighted by Gasteiger charge is 1.97. The molecule has 30 heavy (non-hydrogen) atoms. The zero-order valence-corrected chi connectivity index (χ0v) is 20.6. The molecule has 0 aromatic carbocycles. The van der Waals surface area contributed by atoms with Gasteiger partial charge in [0.15, 0.2) is 0 Å². The second-order valence-corrected chi connectivity index (χ2v) is 9.42. The van der Waals surface area contributed by atoms with E-state index in [0.717, 1.165) is 25.2 Å². The first-order chi connectivity index (χ1) is 14.4. The van der Waals surface area contributed by atoms with Crippen LogP contribution in [-0.4, -0.2) is 0 Å². The lowest BCUT2D eigenvalue weighted by molar-refractivity contribution is 0.564. The van der Waals surface area contributed by atoms with E-state index in [4.69, 9.17) is 4.42 Å². The molecule has 1 heterocycles. The summed E-state index contributed by atoms with van der Waals surface area (Å²) in [7, 11) is 0. The first-order valence-corrected chi connectivity index (χ1v) is 12.0. The Morgan fingerprint density at radius 3 is 1.63 bits per heavy atom. The summed E-state index contributed by atoms with van der Waals surface area (Å²) >= 11 is 0. The van der Waals surface area contributed by atoms with Gasteiger partial charge >= 0.3 is 0 Å². The van der Waals surface area contributed by atoms with Crippen LogP contribution in [0.3, 0.4) is 0 Å². The van der Waals surface area contributed by atoms with E-state index < -0.39 is 0 Å². The van der Waals surface area contributed by atoms with E-state index in [2.05, 4.69) is 71.9 Å². The largest absolute Gasteiger partial charge is 0.472 e. The van der Waals surface area contributed by atoms with Gasteiger partial charge in [0.05, 0.1) is 12.5 Å². The molecule has 0 amide bonds. The molecule has 1 heteroatoms. The smallest absolute Gasteiger partial charge is 0.0934 e. The Kier molecular flexibility index (Phi) is 14.0. The van der Waals surface area contributed by atoms with Gasteiger partial charge in [-0.25, -0.2) is 0 Å². The van der Waals surface area contributed by atoms with Crippen molar-refractivity contribution >= 4 is 0 Å². The van der Waals surface area contributed by atoms with Crippen molar-refractivity contribution in [3.05, 3.63) is 70.8 Å². The average Bonchev–Trinajstić information content (AvgIpc) is 3.20. The zero-order chi connectivity index (χ0) is 22.2. The fourth-order valence-electron chi connectivity index (χ4n) is 3.48. The number of hydrogen-bond acceptors (Lipinski definition) is 1. The van der Waals surface area contributed by atoms with Gasteiger partial charge in [0.25, 0.3) is 0 Å². The minimum atomic E-state index is 0.805. The van der Waals surface area contributed by atoms with Crippen LogP contribution < -0.4 is 0 Å². The zero-order valence-electron chi connectivity index (χ0n) is 20.6. The maximum Gasteiger partial charge on any atom is 0.0934 e. The lowest BCUT2D eigenvalue weighted by atomic mass is 10.0. The highest BCUT2D eigenvalue weighted by atomic mass is 16.3. The Bertz CT molecular complexity index is 680. The molecule has 168 valence electrons. The molecule has 1 aromatic rings. The van der Waals surface area contributed by atoms with Gasteiger partial charge in [0.2, 0.25) is 0 Å². The van der Waals surface area contributed by atoms with Crippen molar-refractivity contribution in [2.75, 3.05) is 0 Å². The Labute approximate surface area is 187 Å². The molecule has 0 spiro atoms. The minimum absolute atomic E-state index is 0.805. The lowest BCUT2D eigenvalue weighted by Crippen LogP contribution is -1.88. The topological polar surface area (TPSA) is 13.1 Å². The Hall–Kier alpha value is -1.76. The highest BCUT2D eigenvalue weighted by molar-refractivity contribution is 5.09. The van der Waals surface area contributed by atoms with E-state index in [-0.39, 0.29) is 0 Å². The van der Waals surface area contributed by atoms with Gasteiger partial charge in [-0.2, -0.15) is 0 Å². The van der Waals surface area contributed by atoms with Crippen molar-refractivity contribution in [3.8, 4) is 0 Å². The van der Waals surface area contributed by atoms with Gasteiger partial charge in [0.1, 0.15) is 0 Å². The van der Waals surface area contributed by atoms with Crippen LogP contribution in [0.25, 0.3) is 0 Å². The van der Waals surface area contributed by atoms with Crippen molar-refractivity contribution in [2.45, 2.75) is 106 Å². The van der Waals surface area contributed by atoms with Gasteiger partial charge in [0, 0.05) is 0 Å². The molecule has 0 aliphatic rings. The summed E-state index contributed by atoms with van der Waals surface area (Å²) in [5.74, 6) is 0.805. The first-order valence-electron chi connectivity index (χ1n) is 12.0. The SMILES string of the molecule is C/C(=C\CC/C(C)=C/CCc1ccoc1)CC/C=C(\C)CC/C=C(\C)CCC(C)C. The predicted molar refractivity (Wildman–Crippen MR) is 134 cm³/mol. The van der Waals surface area contributed by atoms with Crippen LogP contribution in [0, 0.1) is 5.92 Å². The van der Waals surface area contributed by atoms with Crippen LogP contribution in [0.2, 0.25) is 0 Å². The fourth-order valence-corrected chi connectivity index (χ4v) is 3.48. The molecular weight excluding hydrogens is 364 g/mol. The predicted octanol–water partition coefficient (Wildman–Crippen LogP) is 9.77. The van der Waals surface area contributed by atoms with Crippen molar-refractivity contribution in [1.29, 1.82) is 0 Å². The van der Waals surface area contributed by atoms with Gasteiger partial charge in [-0.1, -0.05) is 60.4 Å². The lowest BCUT2D eigenvalue weighted by Gasteiger charge is -2.05.